The largest absolute Gasteiger partial charge is 0.497 e. The van der Waals surface area contributed by atoms with E-state index in [2.05, 4.69) is 0 Å². The topological polar surface area (TPSA) is 71.1 Å². The van der Waals surface area contributed by atoms with Crippen LogP contribution in [0, 0.1) is 11.8 Å². The Kier molecular flexibility index (Phi) is 6.07. The number of hydrogen-bond acceptors (Lipinski definition) is 6. The van der Waals surface area contributed by atoms with Gasteiger partial charge in [-0.05, 0) is 37.8 Å². The van der Waals surface area contributed by atoms with Gasteiger partial charge >= 0.3 is 5.97 Å². The maximum Gasteiger partial charge on any atom is 0.309 e. The number of allylic oxidation sites excluding steroid dienone is 1. The second-order valence-electron chi connectivity index (χ2n) is 8.12. The van der Waals surface area contributed by atoms with Crippen molar-refractivity contribution < 1.29 is 28.5 Å². The monoisotopic (exact) mass is 400 g/mol. The van der Waals surface area contributed by atoms with Crippen LogP contribution in [0.25, 0.3) is 0 Å². The van der Waals surface area contributed by atoms with E-state index in [4.69, 9.17) is 18.9 Å². The van der Waals surface area contributed by atoms with Crippen molar-refractivity contribution in [1.29, 1.82) is 0 Å². The number of Topliss-reactive ketones (excluding diaryl/α,β-unsaturated/α-hetero) is 1. The standard InChI is InChI=1S/C23H28O6/c1-26-16-8-5-9-17(12-16)28-21-14-27-20-13-18(10-11-19(20)22(21)24)29-23(25)15-6-3-2-4-7-15/h5,8-9,12,14-15,18-20H,2-4,6-7,10-11,13H2,1H3. The van der Waals surface area contributed by atoms with E-state index in [9.17, 15) is 9.59 Å². The van der Waals surface area contributed by atoms with Crippen LogP contribution in [0.2, 0.25) is 0 Å². The van der Waals surface area contributed by atoms with Crippen molar-refractivity contribution in [2.24, 2.45) is 11.8 Å². The van der Waals surface area contributed by atoms with Crippen molar-refractivity contribution in [3.63, 3.8) is 0 Å². The van der Waals surface area contributed by atoms with Gasteiger partial charge in [-0.1, -0.05) is 25.3 Å². The minimum absolute atomic E-state index is 0.0399. The number of carbonyl (C=O) groups is 2. The van der Waals surface area contributed by atoms with Crippen molar-refractivity contribution in [2.45, 2.75) is 63.6 Å². The van der Waals surface area contributed by atoms with Gasteiger partial charge in [0.2, 0.25) is 11.5 Å². The van der Waals surface area contributed by atoms with Gasteiger partial charge < -0.3 is 18.9 Å². The number of carbonyl (C=O) groups excluding carboxylic acids is 2. The summed E-state index contributed by atoms with van der Waals surface area (Å²) in [6.07, 6.45) is 8.10. The molecule has 156 valence electrons. The van der Waals surface area contributed by atoms with Crippen molar-refractivity contribution in [3.05, 3.63) is 36.3 Å². The molecule has 0 spiro atoms. The second-order valence-corrected chi connectivity index (χ2v) is 8.12. The average Bonchev–Trinajstić information content (AvgIpc) is 2.76. The van der Waals surface area contributed by atoms with E-state index in [1.54, 1.807) is 25.3 Å². The number of fused-ring (bicyclic) bond motifs is 1. The summed E-state index contributed by atoms with van der Waals surface area (Å²) < 4.78 is 22.5. The van der Waals surface area contributed by atoms with Gasteiger partial charge in [0.25, 0.3) is 0 Å². The Morgan fingerprint density at radius 2 is 1.86 bits per heavy atom. The summed E-state index contributed by atoms with van der Waals surface area (Å²) in [5.41, 5.74) is 0. The van der Waals surface area contributed by atoms with E-state index in [-0.39, 0.29) is 41.6 Å². The van der Waals surface area contributed by atoms with Crippen LogP contribution in [0.4, 0.5) is 0 Å². The molecule has 1 aromatic rings. The van der Waals surface area contributed by atoms with E-state index in [1.807, 2.05) is 6.07 Å². The molecule has 0 N–H and O–H groups in total. The van der Waals surface area contributed by atoms with Crippen LogP contribution >= 0.6 is 0 Å². The minimum Gasteiger partial charge on any atom is -0.497 e. The van der Waals surface area contributed by atoms with Crippen LogP contribution in [0.15, 0.2) is 36.3 Å². The zero-order valence-electron chi connectivity index (χ0n) is 16.8. The third-order valence-corrected chi connectivity index (χ3v) is 6.16. The van der Waals surface area contributed by atoms with Crippen LogP contribution in [0.1, 0.15) is 51.4 Å². The normalized spacial score (nSPS) is 27.3. The van der Waals surface area contributed by atoms with Gasteiger partial charge in [-0.3, -0.25) is 9.59 Å². The quantitative estimate of drug-likeness (QED) is 0.691. The van der Waals surface area contributed by atoms with Crippen LogP contribution in [0.3, 0.4) is 0 Å². The highest BCUT2D eigenvalue weighted by atomic mass is 16.6. The smallest absolute Gasteiger partial charge is 0.309 e. The van der Waals surface area contributed by atoms with E-state index >= 15 is 0 Å². The zero-order valence-corrected chi connectivity index (χ0v) is 16.8. The first-order valence-electron chi connectivity index (χ1n) is 10.6. The van der Waals surface area contributed by atoms with E-state index < -0.39 is 0 Å². The van der Waals surface area contributed by atoms with Crippen molar-refractivity contribution in [3.8, 4) is 11.5 Å². The zero-order chi connectivity index (χ0) is 20.2. The first-order valence-corrected chi connectivity index (χ1v) is 10.6. The number of methoxy groups -OCH3 is 1. The summed E-state index contributed by atoms with van der Waals surface area (Å²) in [5.74, 6) is 1.04. The molecule has 1 aromatic carbocycles. The lowest BCUT2D eigenvalue weighted by molar-refractivity contribution is -0.160. The molecule has 0 saturated heterocycles. The molecule has 2 saturated carbocycles. The highest BCUT2D eigenvalue weighted by molar-refractivity contribution is 5.96. The molecule has 29 heavy (non-hydrogen) atoms. The average molecular weight is 400 g/mol. The van der Waals surface area contributed by atoms with Gasteiger partial charge in [0.1, 0.15) is 30.0 Å². The number of ether oxygens (including phenoxy) is 4. The van der Waals surface area contributed by atoms with E-state index in [0.29, 0.717) is 30.8 Å². The van der Waals surface area contributed by atoms with Gasteiger partial charge in [0, 0.05) is 12.5 Å². The number of hydrogen-bond donors (Lipinski definition) is 0. The van der Waals surface area contributed by atoms with Crippen LogP contribution < -0.4 is 9.47 Å². The van der Waals surface area contributed by atoms with Gasteiger partial charge in [-0.2, -0.15) is 0 Å². The van der Waals surface area contributed by atoms with Crippen molar-refractivity contribution in [2.75, 3.05) is 7.11 Å². The number of ketones is 1. The molecule has 2 fully saturated rings. The molecule has 1 aliphatic heterocycles. The maximum absolute atomic E-state index is 12.9. The molecule has 0 amide bonds. The molecule has 2 aliphatic carbocycles. The first kappa shape index (κ1) is 19.8. The molecule has 3 unspecified atom stereocenters. The maximum atomic E-state index is 12.9. The lowest BCUT2D eigenvalue weighted by atomic mass is 9.80. The molecule has 1 heterocycles. The summed E-state index contributed by atoms with van der Waals surface area (Å²) >= 11 is 0. The SMILES string of the molecule is COc1cccc(OC2=COC3CC(OC(=O)C4CCCCC4)CCC3C2=O)c1. The Labute approximate surface area is 171 Å². The van der Waals surface area contributed by atoms with Gasteiger partial charge in [0.05, 0.1) is 18.9 Å². The fraction of sp³-hybridized carbons (Fsp3) is 0.565. The summed E-state index contributed by atoms with van der Waals surface area (Å²) in [6, 6.07) is 7.11. The molecular weight excluding hydrogens is 372 g/mol. The molecule has 3 aliphatic rings. The predicted molar refractivity (Wildman–Crippen MR) is 105 cm³/mol. The molecule has 3 atom stereocenters. The second kappa shape index (κ2) is 8.89. The van der Waals surface area contributed by atoms with E-state index in [0.717, 1.165) is 25.7 Å². The van der Waals surface area contributed by atoms with E-state index in [1.165, 1.54) is 12.7 Å². The summed E-state index contributed by atoms with van der Waals surface area (Å²) in [5, 5.41) is 0. The summed E-state index contributed by atoms with van der Waals surface area (Å²) in [4.78, 5) is 25.3. The molecule has 4 rings (SSSR count). The molecule has 6 heteroatoms. The Morgan fingerprint density at radius 3 is 2.66 bits per heavy atom. The number of esters is 1. The number of rotatable bonds is 5. The lowest BCUT2D eigenvalue weighted by Gasteiger charge is -2.37. The first-order chi connectivity index (χ1) is 14.1. The summed E-state index contributed by atoms with van der Waals surface area (Å²) in [7, 11) is 1.58. The predicted octanol–water partition coefficient (Wildman–Crippen LogP) is 4.18. The van der Waals surface area contributed by atoms with Crippen molar-refractivity contribution >= 4 is 11.8 Å². The van der Waals surface area contributed by atoms with Crippen LogP contribution in [0.5, 0.6) is 11.5 Å². The van der Waals surface area contributed by atoms with Crippen LogP contribution in [-0.4, -0.2) is 31.1 Å². The fourth-order valence-corrected chi connectivity index (χ4v) is 4.50. The Hall–Kier alpha value is -2.50. The van der Waals surface area contributed by atoms with Crippen molar-refractivity contribution in [1.82, 2.24) is 0 Å². The third kappa shape index (κ3) is 4.57. The molecule has 0 aromatic heterocycles. The molecule has 0 bridgehead atoms. The third-order valence-electron chi connectivity index (χ3n) is 6.16. The Morgan fingerprint density at radius 1 is 1.07 bits per heavy atom. The number of benzene rings is 1. The lowest BCUT2D eigenvalue weighted by Crippen LogP contribution is -2.43. The van der Waals surface area contributed by atoms with Gasteiger partial charge in [-0.25, -0.2) is 0 Å². The molecule has 0 radical (unpaired) electrons. The van der Waals surface area contributed by atoms with Gasteiger partial charge in [0.15, 0.2) is 0 Å². The highest BCUT2D eigenvalue weighted by Gasteiger charge is 2.42. The highest BCUT2D eigenvalue weighted by Crippen LogP contribution is 2.36. The minimum atomic E-state index is -0.266. The molecule has 6 nitrogen and oxygen atoms in total. The van der Waals surface area contributed by atoms with Gasteiger partial charge in [-0.15, -0.1) is 0 Å². The summed E-state index contributed by atoms with van der Waals surface area (Å²) in [6.45, 7) is 0. The Balaban J connectivity index is 1.35. The molecular formula is C23H28O6. The fourth-order valence-electron chi connectivity index (χ4n) is 4.50. The Bertz CT molecular complexity index is 779. The van der Waals surface area contributed by atoms with Crippen LogP contribution in [-0.2, 0) is 19.1 Å².